The van der Waals surface area contributed by atoms with Gasteiger partial charge >= 0.3 is 0 Å². The SMILES string of the molecule is CCn1c(SCC2CCCN(C)C2=O)nnc1-c1ccco1. The van der Waals surface area contributed by atoms with E-state index in [1.54, 1.807) is 18.0 Å². The van der Waals surface area contributed by atoms with Gasteiger partial charge in [0.15, 0.2) is 16.7 Å². The van der Waals surface area contributed by atoms with Crippen LogP contribution in [0.25, 0.3) is 11.6 Å². The minimum absolute atomic E-state index is 0.0813. The van der Waals surface area contributed by atoms with E-state index in [0.717, 1.165) is 48.4 Å². The van der Waals surface area contributed by atoms with E-state index >= 15 is 0 Å². The highest BCUT2D eigenvalue weighted by Gasteiger charge is 2.27. The third-order valence-corrected chi connectivity index (χ3v) is 5.09. The maximum absolute atomic E-state index is 12.1. The van der Waals surface area contributed by atoms with Crippen molar-refractivity contribution in [2.24, 2.45) is 5.92 Å². The van der Waals surface area contributed by atoms with Crippen molar-refractivity contribution < 1.29 is 9.21 Å². The van der Waals surface area contributed by atoms with Gasteiger partial charge in [0.25, 0.3) is 0 Å². The topological polar surface area (TPSA) is 64.2 Å². The van der Waals surface area contributed by atoms with Gasteiger partial charge in [-0.2, -0.15) is 0 Å². The highest BCUT2D eigenvalue weighted by molar-refractivity contribution is 7.99. The average Bonchev–Trinajstić information content (AvgIpc) is 3.17. The lowest BCUT2D eigenvalue weighted by atomic mass is 10.00. The maximum Gasteiger partial charge on any atom is 0.226 e. The lowest BCUT2D eigenvalue weighted by Crippen LogP contribution is -2.39. The van der Waals surface area contributed by atoms with Crippen LogP contribution in [0.4, 0.5) is 0 Å². The van der Waals surface area contributed by atoms with Gasteiger partial charge in [-0.05, 0) is 31.9 Å². The number of piperidine rings is 1. The number of carbonyl (C=O) groups is 1. The first-order valence-corrected chi connectivity index (χ1v) is 8.54. The van der Waals surface area contributed by atoms with E-state index in [4.69, 9.17) is 4.42 Å². The Labute approximate surface area is 133 Å². The zero-order chi connectivity index (χ0) is 15.5. The molecule has 0 aromatic carbocycles. The molecule has 1 unspecified atom stereocenters. The highest BCUT2D eigenvalue weighted by Crippen LogP contribution is 2.28. The number of hydrogen-bond donors (Lipinski definition) is 0. The van der Waals surface area contributed by atoms with E-state index in [2.05, 4.69) is 17.1 Å². The Morgan fingerprint density at radius 2 is 2.32 bits per heavy atom. The average molecular weight is 320 g/mol. The predicted octanol–water partition coefficient (Wildman–Crippen LogP) is 2.52. The van der Waals surface area contributed by atoms with Crippen LogP contribution in [0.1, 0.15) is 19.8 Å². The zero-order valence-corrected chi connectivity index (χ0v) is 13.7. The molecule has 118 valence electrons. The van der Waals surface area contributed by atoms with Crippen molar-refractivity contribution in [2.45, 2.75) is 31.5 Å². The van der Waals surface area contributed by atoms with Crippen LogP contribution >= 0.6 is 11.8 Å². The van der Waals surface area contributed by atoms with E-state index in [-0.39, 0.29) is 11.8 Å². The summed E-state index contributed by atoms with van der Waals surface area (Å²) in [6, 6.07) is 3.72. The van der Waals surface area contributed by atoms with Crippen molar-refractivity contribution in [3.05, 3.63) is 18.4 Å². The molecule has 2 aromatic heterocycles. The van der Waals surface area contributed by atoms with E-state index in [9.17, 15) is 4.79 Å². The maximum atomic E-state index is 12.1. The summed E-state index contributed by atoms with van der Waals surface area (Å²) < 4.78 is 7.44. The molecular formula is C15H20N4O2S. The van der Waals surface area contributed by atoms with Crippen LogP contribution in [0.5, 0.6) is 0 Å². The molecule has 7 heteroatoms. The van der Waals surface area contributed by atoms with Crippen molar-refractivity contribution >= 4 is 17.7 Å². The van der Waals surface area contributed by atoms with E-state index in [1.807, 2.05) is 28.6 Å². The minimum atomic E-state index is 0.0813. The van der Waals surface area contributed by atoms with Gasteiger partial charge in [0.1, 0.15) is 0 Å². The number of thioether (sulfide) groups is 1. The second kappa shape index (κ2) is 6.56. The fourth-order valence-corrected chi connectivity index (χ4v) is 3.85. The Kier molecular flexibility index (Phi) is 4.52. The van der Waals surface area contributed by atoms with Crippen LogP contribution in [0, 0.1) is 5.92 Å². The number of nitrogens with zero attached hydrogens (tertiary/aromatic N) is 4. The van der Waals surface area contributed by atoms with E-state index in [1.165, 1.54) is 0 Å². The van der Waals surface area contributed by atoms with Gasteiger partial charge in [-0.1, -0.05) is 11.8 Å². The second-order valence-electron chi connectivity index (χ2n) is 5.44. The lowest BCUT2D eigenvalue weighted by Gasteiger charge is -2.28. The molecule has 0 aliphatic carbocycles. The molecule has 0 radical (unpaired) electrons. The number of rotatable bonds is 5. The van der Waals surface area contributed by atoms with E-state index < -0.39 is 0 Å². The Morgan fingerprint density at radius 1 is 1.45 bits per heavy atom. The molecule has 0 N–H and O–H groups in total. The number of amides is 1. The molecule has 1 fully saturated rings. The molecule has 2 aromatic rings. The quantitative estimate of drug-likeness (QED) is 0.792. The summed E-state index contributed by atoms with van der Waals surface area (Å²) in [5, 5.41) is 9.34. The number of aromatic nitrogens is 3. The van der Waals surface area contributed by atoms with Crippen LogP contribution in [-0.2, 0) is 11.3 Å². The molecule has 3 heterocycles. The molecule has 22 heavy (non-hydrogen) atoms. The fourth-order valence-electron chi connectivity index (χ4n) is 2.72. The van der Waals surface area contributed by atoms with Crippen LogP contribution < -0.4 is 0 Å². The summed E-state index contributed by atoms with van der Waals surface area (Å²) in [5.74, 6) is 2.53. The summed E-state index contributed by atoms with van der Waals surface area (Å²) in [5.41, 5.74) is 0. The lowest BCUT2D eigenvalue weighted by molar-refractivity contribution is -0.135. The van der Waals surface area contributed by atoms with Crippen molar-refractivity contribution in [3.8, 4) is 11.6 Å². The Morgan fingerprint density at radius 3 is 3.05 bits per heavy atom. The molecule has 1 aliphatic rings. The van der Waals surface area contributed by atoms with Crippen molar-refractivity contribution in [3.63, 3.8) is 0 Å². The van der Waals surface area contributed by atoms with Gasteiger partial charge in [-0.25, -0.2) is 0 Å². The Balaban J connectivity index is 1.72. The molecule has 1 amide bonds. The van der Waals surface area contributed by atoms with Crippen LogP contribution in [0.15, 0.2) is 28.0 Å². The predicted molar refractivity (Wildman–Crippen MR) is 84.5 cm³/mol. The molecule has 0 spiro atoms. The summed E-state index contributed by atoms with van der Waals surface area (Å²) in [6.07, 6.45) is 3.67. The van der Waals surface area contributed by atoms with Gasteiger partial charge in [0.05, 0.1) is 6.26 Å². The van der Waals surface area contributed by atoms with Crippen molar-refractivity contribution in [1.29, 1.82) is 0 Å². The molecule has 0 bridgehead atoms. The van der Waals surface area contributed by atoms with Gasteiger partial charge in [0, 0.05) is 31.8 Å². The van der Waals surface area contributed by atoms with Crippen LogP contribution in [0.2, 0.25) is 0 Å². The summed E-state index contributed by atoms with van der Waals surface area (Å²) in [6.45, 7) is 3.69. The smallest absolute Gasteiger partial charge is 0.226 e. The number of likely N-dealkylation sites (tertiary alicyclic amines) is 1. The molecule has 1 atom stereocenters. The van der Waals surface area contributed by atoms with E-state index in [0.29, 0.717) is 0 Å². The second-order valence-corrected chi connectivity index (χ2v) is 6.42. The van der Waals surface area contributed by atoms with Gasteiger partial charge in [-0.15, -0.1) is 10.2 Å². The van der Waals surface area contributed by atoms with Crippen LogP contribution in [-0.4, -0.2) is 44.9 Å². The third kappa shape index (κ3) is 2.90. The molecule has 3 rings (SSSR count). The summed E-state index contributed by atoms with van der Waals surface area (Å²) in [7, 11) is 1.88. The number of hydrogen-bond acceptors (Lipinski definition) is 5. The number of furan rings is 1. The zero-order valence-electron chi connectivity index (χ0n) is 12.9. The van der Waals surface area contributed by atoms with Crippen LogP contribution in [0.3, 0.4) is 0 Å². The molecule has 1 aliphatic heterocycles. The van der Waals surface area contributed by atoms with Gasteiger partial charge in [-0.3, -0.25) is 9.36 Å². The Hall–Kier alpha value is -1.76. The monoisotopic (exact) mass is 320 g/mol. The molecule has 6 nitrogen and oxygen atoms in total. The highest BCUT2D eigenvalue weighted by atomic mass is 32.2. The molecular weight excluding hydrogens is 300 g/mol. The van der Waals surface area contributed by atoms with Gasteiger partial charge < -0.3 is 9.32 Å². The fraction of sp³-hybridized carbons (Fsp3) is 0.533. The molecule has 1 saturated heterocycles. The first kappa shape index (κ1) is 15.1. The summed E-state index contributed by atoms with van der Waals surface area (Å²) in [4.78, 5) is 14.0. The largest absolute Gasteiger partial charge is 0.461 e. The third-order valence-electron chi connectivity index (χ3n) is 3.96. The van der Waals surface area contributed by atoms with Gasteiger partial charge in [0.2, 0.25) is 5.91 Å². The first-order chi connectivity index (χ1) is 10.7. The normalized spacial score (nSPS) is 18.9. The first-order valence-electron chi connectivity index (χ1n) is 7.55. The minimum Gasteiger partial charge on any atom is -0.461 e. The molecule has 0 saturated carbocycles. The summed E-state index contributed by atoms with van der Waals surface area (Å²) >= 11 is 1.60. The van der Waals surface area contributed by atoms with Crippen molar-refractivity contribution in [1.82, 2.24) is 19.7 Å². The van der Waals surface area contributed by atoms with Crippen molar-refractivity contribution in [2.75, 3.05) is 19.3 Å². The number of carbonyl (C=O) groups excluding carboxylic acids is 1. The Bertz CT molecular complexity index is 638. The standard InChI is InChI=1S/C15H20N4O2S/c1-3-19-13(12-7-5-9-21-12)16-17-15(19)22-10-11-6-4-8-18(2)14(11)20/h5,7,9,11H,3-4,6,8,10H2,1-2H3.